The van der Waals surface area contributed by atoms with Crippen molar-refractivity contribution in [3.63, 3.8) is 0 Å². The van der Waals surface area contributed by atoms with Crippen LogP contribution in [0.2, 0.25) is 0 Å². The molecule has 0 fully saturated rings. The summed E-state index contributed by atoms with van der Waals surface area (Å²) in [5.41, 5.74) is 6.00. The average molecular weight is 380 g/mol. The average Bonchev–Trinajstić information content (AvgIpc) is 2.68. The van der Waals surface area contributed by atoms with Gasteiger partial charge >= 0.3 is 0 Å². The summed E-state index contributed by atoms with van der Waals surface area (Å²) in [7, 11) is 0. The third-order valence-corrected chi connectivity index (χ3v) is 3.35. The first-order valence-electron chi connectivity index (χ1n) is 8.78. The smallest absolute Gasteiger partial charge is 0.228 e. The molecule has 150 valence electrons. The monoisotopic (exact) mass is 380 g/mol. The van der Waals surface area contributed by atoms with Gasteiger partial charge in [0.1, 0.15) is 12.5 Å². The molecule has 1 unspecified atom stereocenters. The van der Waals surface area contributed by atoms with Gasteiger partial charge in [-0.3, -0.25) is 9.78 Å². The molecule has 8 nitrogen and oxygen atoms in total. The second-order valence-corrected chi connectivity index (χ2v) is 5.38. The van der Waals surface area contributed by atoms with E-state index < -0.39 is 11.8 Å². The number of nitrogens with two attached hydrogens (primary N) is 1. The molecule has 1 amide bonds. The van der Waals surface area contributed by atoms with Gasteiger partial charge in [0.15, 0.2) is 0 Å². The normalized spacial score (nSPS) is 11.8. The molecule has 0 aliphatic carbocycles. The Kier molecular flexibility index (Phi) is 13.8. The van der Waals surface area contributed by atoms with Gasteiger partial charge < -0.3 is 29.4 Å². The van der Waals surface area contributed by atoms with Crippen molar-refractivity contribution in [2.45, 2.75) is 5.92 Å². The number of carbonyl (C=O) groups is 1. The maximum absolute atomic E-state index is 11.5. The molecule has 27 heavy (non-hydrogen) atoms. The predicted molar refractivity (Wildman–Crippen MR) is 99.1 cm³/mol. The molecule has 8 heteroatoms. The van der Waals surface area contributed by atoms with E-state index in [-0.39, 0.29) is 6.61 Å². The van der Waals surface area contributed by atoms with Crippen LogP contribution in [-0.4, -0.2) is 77.0 Å². The first-order chi connectivity index (χ1) is 13.3. The lowest BCUT2D eigenvalue weighted by molar-refractivity contribution is -0.121. The molecule has 0 radical (unpaired) electrons. The quantitative estimate of drug-likeness (QED) is 0.308. The van der Waals surface area contributed by atoms with Crippen molar-refractivity contribution in [1.82, 2.24) is 4.98 Å². The molecule has 1 aromatic heterocycles. The highest BCUT2D eigenvalue weighted by atomic mass is 16.6. The molecule has 1 rings (SSSR count). The number of nitrogens with zero attached hydrogens (tertiary/aromatic N) is 1. The van der Waals surface area contributed by atoms with Gasteiger partial charge in [-0.2, -0.15) is 0 Å². The summed E-state index contributed by atoms with van der Waals surface area (Å²) in [5.74, 6) is 1.35. The Bertz CT molecular complexity index is 535. The zero-order valence-electron chi connectivity index (χ0n) is 15.5. The highest BCUT2D eigenvalue weighted by molar-refractivity contribution is 5.81. The highest BCUT2D eigenvalue weighted by Gasteiger charge is 2.19. The van der Waals surface area contributed by atoms with Gasteiger partial charge in [-0.05, 0) is 12.1 Å². The standard InChI is InChI=1S/C19H28N2O6/c1-2-7-23-8-9-24-10-11-25-12-13-26-14-15-27-16-17(19(20)22)18-5-3-4-6-21-18/h1,3-6,17H,7-16H2,(H2,20,22). The van der Waals surface area contributed by atoms with Crippen LogP contribution in [0.25, 0.3) is 0 Å². The molecule has 1 atom stereocenters. The molecule has 0 spiro atoms. The minimum absolute atomic E-state index is 0.175. The molecule has 1 heterocycles. The summed E-state index contributed by atoms with van der Waals surface area (Å²) in [4.78, 5) is 15.6. The van der Waals surface area contributed by atoms with Gasteiger partial charge in [-0.1, -0.05) is 12.0 Å². The molecule has 0 aliphatic heterocycles. The lowest BCUT2D eigenvalue weighted by Gasteiger charge is -2.13. The molecule has 1 aromatic rings. The summed E-state index contributed by atoms with van der Waals surface area (Å²) < 4.78 is 26.6. The summed E-state index contributed by atoms with van der Waals surface area (Å²) in [5, 5.41) is 0. The Morgan fingerprint density at radius 3 is 2.00 bits per heavy atom. The van der Waals surface area contributed by atoms with E-state index in [0.717, 1.165) is 0 Å². The number of primary amides is 1. The van der Waals surface area contributed by atoms with Crippen LogP contribution >= 0.6 is 0 Å². The topological polar surface area (TPSA) is 102 Å². The first kappa shape index (κ1) is 23.0. The van der Waals surface area contributed by atoms with Gasteiger partial charge in [0.2, 0.25) is 5.91 Å². The fourth-order valence-electron chi connectivity index (χ4n) is 2.01. The molecule has 0 saturated heterocycles. The van der Waals surface area contributed by atoms with E-state index in [9.17, 15) is 4.79 Å². The van der Waals surface area contributed by atoms with Gasteiger partial charge in [0.05, 0.1) is 65.2 Å². The van der Waals surface area contributed by atoms with Crippen LogP contribution in [0, 0.1) is 12.3 Å². The summed E-state index contributed by atoms with van der Waals surface area (Å²) in [6, 6.07) is 5.33. The number of aromatic nitrogens is 1. The number of hydrogen-bond donors (Lipinski definition) is 1. The zero-order chi connectivity index (χ0) is 19.6. The van der Waals surface area contributed by atoms with Crippen molar-refractivity contribution < 1.29 is 28.5 Å². The zero-order valence-corrected chi connectivity index (χ0v) is 15.5. The van der Waals surface area contributed by atoms with Gasteiger partial charge in [-0.25, -0.2) is 0 Å². The summed E-state index contributed by atoms with van der Waals surface area (Å²) in [6.07, 6.45) is 6.67. The molecule has 0 aromatic carbocycles. The van der Waals surface area contributed by atoms with E-state index in [4.69, 9.17) is 35.8 Å². The fourth-order valence-corrected chi connectivity index (χ4v) is 2.01. The van der Waals surface area contributed by atoms with Crippen LogP contribution < -0.4 is 5.73 Å². The van der Waals surface area contributed by atoms with E-state index in [2.05, 4.69) is 10.9 Å². The minimum Gasteiger partial charge on any atom is -0.378 e. The Morgan fingerprint density at radius 2 is 1.52 bits per heavy atom. The van der Waals surface area contributed by atoms with Crippen LogP contribution in [0.1, 0.15) is 11.6 Å². The Morgan fingerprint density at radius 1 is 0.963 bits per heavy atom. The van der Waals surface area contributed by atoms with Crippen molar-refractivity contribution in [2.75, 3.05) is 66.1 Å². The number of rotatable bonds is 17. The molecular weight excluding hydrogens is 352 g/mol. The largest absolute Gasteiger partial charge is 0.378 e. The van der Waals surface area contributed by atoms with Gasteiger partial charge in [-0.15, -0.1) is 6.42 Å². The number of hydrogen-bond acceptors (Lipinski definition) is 7. The second kappa shape index (κ2) is 16.2. The molecule has 0 saturated carbocycles. The van der Waals surface area contributed by atoms with Crippen LogP contribution in [0.3, 0.4) is 0 Å². The first-order valence-corrected chi connectivity index (χ1v) is 8.78. The number of pyridine rings is 1. The molecule has 2 N–H and O–H groups in total. The Balaban J connectivity index is 1.91. The Hall–Kier alpha value is -2.02. The van der Waals surface area contributed by atoms with E-state index in [1.807, 2.05) is 0 Å². The maximum atomic E-state index is 11.5. The van der Waals surface area contributed by atoms with Crippen LogP contribution in [0.5, 0.6) is 0 Å². The van der Waals surface area contributed by atoms with Gasteiger partial charge in [0, 0.05) is 6.20 Å². The van der Waals surface area contributed by atoms with Crippen molar-refractivity contribution in [3.8, 4) is 12.3 Å². The lowest BCUT2D eigenvalue weighted by atomic mass is 10.1. The highest BCUT2D eigenvalue weighted by Crippen LogP contribution is 2.12. The third kappa shape index (κ3) is 12.1. The SMILES string of the molecule is C#CCOCCOCCOCCOCCOCC(C(N)=O)c1ccccn1. The Labute approximate surface area is 160 Å². The minimum atomic E-state index is -0.563. The molecule has 0 aliphatic rings. The van der Waals surface area contributed by atoms with E-state index in [0.29, 0.717) is 65.2 Å². The second-order valence-electron chi connectivity index (χ2n) is 5.38. The van der Waals surface area contributed by atoms with E-state index in [1.54, 1.807) is 24.4 Å². The van der Waals surface area contributed by atoms with E-state index in [1.165, 1.54) is 0 Å². The van der Waals surface area contributed by atoms with Crippen molar-refractivity contribution >= 4 is 5.91 Å². The number of carbonyl (C=O) groups excluding carboxylic acids is 1. The molecule has 0 bridgehead atoms. The summed E-state index contributed by atoms with van der Waals surface area (Å²) >= 11 is 0. The number of terminal acetylenes is 1. The maximum Gasteiger partial charge on any atom is 0.228 e. The summed E-state index contributed by atoms with van der Waals surface area (Å²) in [6.45, 7) is 4.10. The number of ether oxygens (including phenoxy) is 5. The predicted octanol–water partition coefficient (Wildman–Crippen LogP) is 0.367. The van der Waals surface area contributed by atoms with Crippen LogP contribution in [-0.2, 0) is 28.5 Å². The van der Waals surface area contributed by atoms with Crippen LogP contribution in [0.4, 0.5) is 0 Å². The number of amides is 1. The molecular formula is C19H28N2O6. The van der Waals surface area contributed by atoms with Crippen molar-refractivity contribution in [2.24, 2.45) is 5.73 Å². The van der Waals surface area contributed by atoms with E-state index >= 15 is 0 Å². The van der Waals surface area contributed by atoms with Crippen LogP contribution in [0.15, 0.2) is 24.4 Å². The van der Waals surface area contributed by atoms with Crippen molar-refractivity contribution in [1.29, 1.82) is 0 Å². The van der Waals surface area contributed by atoms with Gasteiger partial charge in [0.25, 0.3) is 0 Å². The fraction of sp³-hybridized carbons (Fsp3) is 0.579. The lowest BCUT2D eigenvalue weighted by Crippen LogP contribution is -2.26. The van der Waals surface area contributed by atoms with Crippen molar-refractivity contribution in [3.05, 3.63) is 30.1 Å². The third-order valence-electron chi connectivity index (χ3n) is 3.35.